The van der Waals surface area contributed by atoms with Gasteiger partial charge in [0.15, 0.2) is 5.78 Å². The molecular weight excluding hydrogens is 682 g/mol. The van der Waals surface area contributed by atoms with Gasteiger partial charge in [0.25, 0.3) is 5.91 Å². The van der Waals surface area contributed by atoms with Crippen LogP contribution in [0.15, 0.2) is 54.6 Å². The first kappa shape index (κ1) is 42.3. The van der Waals surface area contributed by atoms with Crippen molar-refractivity contribution >= 4 is 41.1 Å². The fourth-order valence-electron chi connectivity index (χ4n) is 5.94. The summed E-state index contributed by atoms with van der Waals surface area (Å²) in [6.07, 6.45) is 4.58. The molecule has 0 saturated carbocycles. The van der Waals surface area contributed by atoms with Crippen LogP contribution in [-0.4, -0.2) is 96.0 Å². The maximum absolute atomic E-state index is 13.4. The number of rotatable bonds is 23. The largest absolute Gasteiger partial charge is 0.494 e. The molecule has 288 valence electrons. The molecule has 14 heteroatoms. The Morgan fingerprint density at radius 3 is 2.36 bits per heavy atom. The molecule has 0 aliphatic carbocycles. The lowest BCUT2D eigenvalue weighted by Gasteiger charge is -2.26. The highest BCUT2D eigenvalue weighted by molar-refractivity contribution is 6.38. The minimum Gasteiger partial charge on any atom is -0.494 e. The van der Waals surface area contributed by atoms with Crippen LogP contribution in [0.4, 0.5) is 0 Å². The van der Waals surface area contributed by atoms with Crippen LogP contribution in [-0.2, 0) is 40.0 Å². The van der Waals surface area contributed by atoms with Crippen LogP contribution in [0.5, 0.6) is 5.75 Å². The second-order valence-electron chi connectivity index (χ2n) is 13.0. The number of aliphatic hydroxyl groups is 1. The average molecular weight is 736 g/mol. The molecule has 0 bridgehead atoms. The fourth-order valence-corrected chi connectivity index (χ4v) is 5.94. The van der Waals surface area contributed by atoms with Gasteiger partial charge in [-0.05, 0) is 61.8 Å². The first-order valence-electron chi connectivity index (χ1n) is 18.5. The lowest BCUT2D eigenvalue weighted by molar-refractivity contribution is -0.142. The van der Waals surface area contributed by atoms with Gasteiger partial charge in [0.2, 0.25) is 29.4 Å². The Balaban J connectivity index is 1.51. The van der Waals surface area contributed by atoms with Crippen molar-refractivity contribution in [3.8, 4) is 5.75 Å². The van der Waals surface area contributed by atoms with Gasteiger partial charge in [-0.15, -0.1) is 0 Å². The summed E-state index contributed by atoms with van der Waals surface area (Å²) in [6.45, 7) is 3.69. The summed E-state index contributed by atoms with van der Waals surface area (Å²) >= 11 is 0. The van der Waals surface area contributed by atoms with Crippen LogP contribution < -0.4 is 26.0 Å². The third-order valence-corrected chi connectivity index (χ3v) is 8.78. The van der Waals surface area contributed by atoms with Crippen LogP contribution >= 0.6 is 0 Å². The number of unbranched alkanes of at least 4 members (excludes halogenated alkanes) is 2. The highest BCUT2D eigenvalue weighted by Gasteiger charge is 2.36. The van der Waals surface area contributed by atoms with Crippen molar-refractivity contribution in [3.05, 3.63) is 65.7 Å². The van der Waals surface area contributed by atoms with Crippen molar-refractivity contribution in [2.24, 2.45) is 0 Å². The van der Waals surface area contributed by atoms with E-state index < -0.39 is 54.1 Å². The molecule has 0 aromatic heterocycles. The van der Waals surface area contributed by atoms with E-state index in [1.54, 1.807) is 61.5 Å². The number of likely N-dealkylation sites (tertiary alicyclic amines) is 1. The maximum Gasteiger partial charge on any atom is 0.290 e. The predicted molar refractivity (Wildman–Crippen MR) is 196 cm³/mol. The molecule has 14 nitrogen and oxygen atoms in total. The van der Waals surface area contributed by atoms with E-state index in [1.807, 2.05) is 6.92 Å². The van der Waals surface area contributed by atoms with Gasteiger partial charge >= 0.3 is 0 Å². The Kier molecular flexibility index (Phi) is 18.2. The third kappa shape index (κ3) is 14.1. The molecule has 3 atom stereocenters. The smallest absolute Gasteiger partial charge is 0.290 e. The van der Waals surface area contributed by atoms with Crippen LogP contribution in [0.1, 0.15) is 88.8 Å². The Hall–Kier alpha value is -5.11. The van der Waals surface area contributed by atoms with E-state index in [9.17, 15) is 33.6 Å². The number of ether oxygens (including phenoxy) is 1. The monoisotopic (exact) mass is 735 g/mol. The van der Waals surface area contributed by atoms with E-state index in [0.29, 0.717) is 62.0 Å². The van der Waals surface area contributed by atoms with Gasteiger partial charge in [-0.2, -0.15) is 0 Å². The summed E-state index contributed by atoms with van der Waals surface area (Å²) in [5.74, 6) is -3.65. The number of amides is 5. The number of Topliss-reactive ketones (excluding diaryl/α,β-unsaturated/α-hetero) is 2. The van der Waals surface area contributed by atoms with E-state index in [2.05, 4.69) is 21.3 Å². The van der Waals surface area contributed by atoms with Gasteiger partial charge < -0.3 is 36.0 Å². The van der Waals surface area contributed by atoms with Gasteiger partial charge in [-0.25, -0.2) is 0 Å². The molecule has 1 aliphatic heterocycles. The lowest BCUT2D eigenvalue weighted by atomic mass is 9.99. The summed E-state index contributed by atoms with van der Waals surface area (Å²) in [5.41, 5.74) is 1.30. The Labute approximate surface area is 310 Å². The van der Waals surface area contributed by atoms with Gasteiger partial charge in [0, 0.05) is 19.6 Å². The number of carbonyl (C=O) groups excluding carboxylic acids is 7. The van der Waals surface area contributed by atoms with Crippen molar-refractivity contribution in [2.45, 2.75) is 96.2 Å². The molecule has 1 aliphatic rings. The molecule has 3 unspecified atom stereocenters. The summed E-state index contributed by atoms with van der Waals surface area (Å²) in [5, 5.41) is 19.1. The highest BCUT2D eigenvalue weighted by Crippen LogP contribution is 2.19. The summed E-state index contributed by atoms with van der Waals surface area (Å²) in [6, 6.07) is 12.8. The van der Waals surface area contributed by atoms with E-state index in [1.165, 1.54) is 4.90 Å². The zero-order chi connectivity index (χ0) is 38.6. The van der Waals surface area contributed by atoms with E-state index >= 15 is 0 Å². The SMILES string of the molecule is CCCCC(=O)C(NC(=O)CNC(=O)C(=O)C(CCC)NC(=O)C1CCCN1C(=O)CNC(=O)Cc1cccc(OCCCCO)c1)c1ccccc1. The number of aliphatic hydroxyl groups excluding tert-OH is 1. The number of nitrogens with zero attached hydrogens (tertiary/aromatic N) is 1. The number of benzene rings is 2. The molecule has 3 rings (SSSR count). The van der Waals surface area contributed by atoms with Gasteiger partial charge in [-0.1, -0.05) is 69.2 Å². The van der Waals surface area contributed by atoms with Crippen molar-refractivity contribution < 1.29 is 43.4 Å². The quantitative estimate of drug-likeness (QED) is 0.0838. The van der Waals surface area contributed by atoms with Crippen molar-refractivity contribution in [1.29, 1.82) is 0 Å². The summed E-state index contributed by atoms with van der Waals surface area (Å²) in [4.78, 5) is 92.1. The molecule has 5 amide bonds. The second kappa shape index (κ2) is 22.7. The van der Waals surface area contributed by atoms with Crippen LogP contribution in [0.2, 0.25) is 0 Å². The zero-order valence-electron chi connectivity index (χ0n) is 30.7. The third-order valence-electron chi connectivity index (χ3n) is 8.78. The number of nitrogens with one attached hydrogen (secondary N) is 4. The standard InChI is InChI=1S/C39H53N5O9/c1-3-5-19-32(46)36(28-15-7-6-8-16-28)43-34(48)25-41-39(52)37(50)30(13-4-2)42-38(51)31-18-12-20-44(31)35(49)26-40-33(47)24-27-14-11-17-29(23-27)53-22-10-9-21-45/h6-8,11,14-17,23,30-31,36,45H,3-5,9-10,12-13,18-22,24-26H2,1-2H3,(H,40,47)(H,41,52)(H,42,51)(H,43,48). The topological polar surface area (TPSA) is 200 Å². The van der Waals surface area contributed by atoms with Gasteiger partial charge in [0.1, 0.15) is 17.8 Å². The molecule has 2 aromatic carbocycles. The van der Waals surface area contributed by atoms with Crippen LogP contribution in [0, 0.1) is 0 Å². The van der Waals surface area contributed by atoms with Crippen molar-refractivity contribution in [1.82, 2.24) is 26.2 Å². The predicted octanol–water partition coefficient (Wildman–Crippen LogP) is 2.07. The molecule has 0 radical (unpaired) electrons. The molecule has 0 spiro atoms. The van der Waals surface area contributed by atoms with E-state index in [4.69, 9.17) is 9.84 Å². The Bertz CT molecular complexity index is 1550. The molecule has 1 saturated heterocycles. The molecule has 1 fully saturated rings. The molecule has 53 heavy (non-hydrogen) atoms. The first-order chi connectivity index (χ1) is 25.6. The molecular formula is C39H53N5O9. The normalized spacial score (nSPS) is 14.8. The second-order valence-corrected chi connectivity index (χ2v) is 13.0. The van der Waals surface area contributed by atoms with Crippen molar-refractivity contribution in [2.75, 3.05) is 32.8 Å². The van der Waals surface area contributed by atoms with Crippen LogP contribution in [0.25, 0.3) is 0 Å². The average Bonchev–Trinajstić information content (AvgIpc) is 3.66. The van der Waals surface area contributed by atoms with E-state index in [0.717, 1.165) is 6.42 Å². The number of ketones is 2. The Morgan fingerprint density at radius 2 is 1.64 bits per heavy atom. The maximum atomic E-state index is 13.4. The molecule has 5 N–H and O–H groups in total. The first-order valence-corrected chi connectivity index (χ1v) is 18.5. The van der Waals surface area contributed by atoms with Crippen LogP contribution in [0.3, 0.4) is 0 Å². The molecule has 2 aromatic rings. The van der Waals surface area contributed by atoms with Crippen molar-refractivity contribution in [3.63, 3.8) is 0 Å². The number of carbonyl (C=O) groups is 7. The minimum absolute atomic E-state index is 0.0141. The molecule has 1 heterocycles. The van der Waals surface area contributed by atoms with E-state index in [-0.39, 0.29) is 50.6 Å². The van der Waals surface area contributed by atoms with Gasteiger partial charge in [0.05, 0.1) is 32.2 Å². The summed E-state index contributed by atoms with van der Waals surface area (Å²) in [7, 11) is 0. The minimum atomic E-state index is -1.19. The lowest BCUT2D eigenvalue weighted by Crippen LogP contribution is -2.54. The number of hydrogen-bond acceptors (Lipinski definition) is 9. The Morgan fingerprint density at radius 1 is 0.868 bits per heavy atom. The zero-order valence-corrected chi connectivity index (χ0v) is 30.7. The summed E-state index contributed by atoms with van der Waals surface area (Å²) < 4.78 is 5.65. The highest BCUT2D eigenvalue weighted by atomic mass is 16.5. The fraction of sp³-hybridized carbons (Fsp3) is 0.513. The number of hydrogen-bond donors (Lipinski definition) is 5. The van der Waals surface area contributed by atoms with Gasteiger partial charge in [-0.3, -0.25) is 33.6 Å².